The molecule has 0 saturated heterocycles. The zero-order valence-corrected chi connectivity index (χ0v) is 9.18. The number of primary amides is 1. The van der Waals surface area contributed by atoms with E-state index in [0.717, 1.165) is 17.6 Å². The molecule has 0 spiro atoms. The average Bonchev–Trinajstić information content (AvgIpc) is 2.28. The second-order valence-corrected chi connectivity index (χ2v) is 3.22. The van der Waals surface area contributed by atoms with Crippen molar-refractivity contribution in [2.45, 2.75) is 13.3 Å². The van der Waals surface area contributed by atoms with Crippen LogP contribution in [-0.2, 0) is 0 Å². The molecule has 0 aliphatic heterocycles. The summed E-state index contributed by atoms with van der Waals surface area (Å²) in [7, 11) is 0. The van der Waals surface area contributed by atoms with Crippen LogP contribution in [-0.4, -0.2) is 12.2 Å². The maximum Gasteiger partial charge on any atom is 0.332 e. The number of hydrogen-bond donors (Lipinski definition) is 2. The fourth-order valence-electron chi connectivity index (χ4n) is 1.17. The number of hydrazone groups is 1. The fourth-order valence-corrected chi connectivity index (χ4v) is 1.17. The number of carbonyl (C=O) groups is 1. The highest BCUT2D eigenvalue weighted by Gasteiger charge is 1.92. The van der Waals surface area contributed by atoms with Crippen molar-refractivity contribution in [1.29, 1.82) is 0 Å². The Morgan fingerprint density at radius 1 is 1.44 bits per heavy atom. The van der Waals surface area contributed by atoms with Crippen LogP contribution in [0.2, 0.25) is 0 Å². The molecular weight excluding hydrogens is 202 g/mol. The number of benzene rings is 1. The van der Waals surface area contributed by atoms with Crippen molar-refractivity contribution in [3.8, 4) is 0 Å². The summed E-state index contributed by atoms with van der Waals surface area (Å²) < 4.78 is 0. The summed E-state index contributed by atoms with van der Waals surface area (Å²) in [6.07, 6.45) is 4.43. The van der Waals surface area contributed by atoms with Crippen molar-refractivity contribution in [2.75, 3.05) is 0 Å². The van der Waals surface area contributed by atoms with Crippen LogP contribution in [0, 0.1) is 0 Å². The number of allylic oxidation sites excluding steroid dienone is 1. The van der Waals surface area contributed by atoms with Crippen LogP contribution in [0.5, 0.6) is 0 Å². The van der Waals surface area contributed by atoms with Crippen molar-refractivity contribution in [2.24, 2.45) is 10.8 Å². The molecule has 0 unspecified atom stereocenters. The van der Waals surface area contributed by atoms with Gasteiger partial charge in [0.2, 0.25) is 0 Å². The van der Waals surface area contributed by atoms with E-state index in [9.17, 15) is 4.79 Å². The second-order valence-electron chi connectivity index (χ2n) is 3.22. The Balaban J connectivity index is 2.71. The fraction of sp³-hybridized carbons (Fsp3) is 0.167. The predicted octanol–water partition coefficient (Wildman–Crippen LogP) is 2.13. The molecule has 1 aromatic carbocycles. The molecule has 0 aliphatic carbocycles. The molecule has 4 nitrogen and oxygen atoms in total. The number of nitrogens with one attached hydrogen (secondary N) is 1. The summed E-state index contributed by atoms with van der Waals surface area (Å²) in [5.41, 5.74) is 9.17. The van der Waals surface area contributed by atoms with Crippen LogP contribution in [0.1, 0.15) is 18.9 Å². The number of nitrogens with zero attached hydrogens (tertiary/aromatic N) is 1. The lowest BCUT2D eigenvalue weighted by Crippen LogP contribution is -2.24. The Labute approximate surface area is 94.8 Å². The number of hydrogen-bond acceptors (Lipinski definition) is 2. The van der Waals surface area contributed by atoms with Gasteiger partial charge in [-0.3, -0.25) is 0 Å². The number of carbonyl (C=O) groups excluding carboxylic acids is 1. The molecule has 16 heavy (non-hydrogen) atoms. The highest BCUT2D eigenvalue weighted by Crippen LogP contribution is 2.07. The van der Waals surface area contributed by atoms with Gasteiger partial charge in [-0.1, -0.05) is 43.3 Å². The van der Waals surface area contributed by atoms with Crippen molar-refractivity contribution in [3.05, 3.63) is 41.5 Å². The summed E-state index contributed by atoms with van der Waals surface area (Å²) in [5, 5.41) is 3.72. The number of rotatable bonds is 4. The second kappa shape index (κ2) is 6.40. The number of nitrogens with two attached hydrogens (primary N) is 1. The Kier molecular flexibility index (Phi) is 4.79. The topological polar surface area (TPSA) is 67.5 Å². The van der Waals surface area contributed by atoms with Crippen LogP contribution in [0.3, 0.4) is 0 Å². The lowest BCUT2D eigenvalue weighted by molar-refractivity contribution is 0.249. The summed E-state index contributed by atoms with van der Waals surface area (Å²) in [6, 6.07) is 9.25. The predicted molar refractivity (Wildman–Crippen MR) is 65.9 cm³/mol. The van der Waals surface area contributed by atoms with E-state index in [1.807, 2.05) is 43.3 Å². The average molecular weight is 217 g/mol. The Morgan fingerprint density at radius 3 is 2.69 bits per heavy atom. The molecule has 2 amide bonds. The van der Waals surface area contributed by atoms with E-state index < -0.39 is 6.03 Å². The smallest absolute Gasteiger partial charge is 0.332 e. The van der Waals surface area contributed by atoms with Crippen LogP contribution in [0.4, 0.5) is 4.79 Å². The molecule has 1 aromatic rings. The van der Waals surface area contributed by atoms with Gasteiger partial charge in [-0.05, 0) is 17.6 Å². The largest absolute Gasteiger partial charge is 0.350 e. The van der Waals surface area contributed by atoms with Gasteiger partial charge in [0.05, 0.1) is 6.21 Å². The number of urea groups is 1. The summed E-state index contributed by atoms with van der Waals surface area (Å²) in [5.74, 6) is 0. The van der Waals surface area contributed by atoms with E-state index in [1.54, 1.807) is 6.21 Å². The zero-order valence-electron chi connectivity index (χ0n) is 9.18. The van der Waals surface area contributed by atoms with E-state index in [0.29, 0.717) is 0 Å². The van der Waals surface area contributed by atoms with Gasteiger partial charge in [-0.2, -0.15) is 5.10 Å². The molecule has 0 saturated carbocycles. The van der Waals surface area contributed by atoms with Gasteiger partial charge in [0.15, 0.2) is 0 Å². The molecule has 0 radical (unpaired) electrons. The van der Waals surface area contributed by atoms with Gasteiger partial charge in [0.25, 0.3) is 0 Å². The highest BCUT2D eigenvalue weighted by atomic mass is 16.2. The minimum absolute atomic E-state index is 0.661. The van der Waals surface area contributed by atoms with E-state index in [2.05, 4.69) is 10.5 Å². The van der Waals surface area contributed by atoms with Crippen LogP contribution in [0.25, 0.3) is 6.08 Å². The maximum absolute atomic E-state index is 10.4. The SMILES string of the molecule is CCC(C=NNC(N)=O)=Cc1ccccc1. The van der Waals surface area contributed by atoms with Crippen molar-refractivity contribution in [1.82, 2.24) is 5.43 Å². The molecular formula is C12H15N3O. The van der Waals surface area contributed by atoms with Gasteiger partial charge in [-0.15, -0.1) is 0 Å². The maximum atomic E-state index is 10.4. The lowest BCUT2D eigenvalue weighted by atomic mass is 10.1. The molecule has 0 aliphatic rings. The third-order valence-electron chi connectivity index (χ3n) is 1.96. The third-order valence-corrected chi connectivity index (χ3v) is 1.96. The van der Waals surface area contributed by atoms with E-state index in [-0.39, 0.29) is 0 Å². The first-order valence-electron chi connectivity index (χ1n) is 5.06. The van der Waals surface area contributed by atoms with Crippen molar-refractivity contribution < 1.29 is 4.79 Å². The lowest BCUT2D eigenvalue weighted by Gasteiger charge is -1.98. The molecule has 3 N–H and O–H groups in total. The van der Waals surface area contributed by atoms with Gasteiger partial charge in [0.1, 0.15) is 0 Å². The van der Waals surface area contributed by atoms with Gasteiger partial charge >= 0.3 is 6.03 Å². The quantitative estimate of drug-likeness (QED) is 0.588. The number of amides is 2. The van der Waals surface area contributed by atoms with Gasteiger partial charge in [0, 0.05) is 0 Å². The minimum atomic E-state index is -0.661. The molecule has 84 valence electrons. The molecule has 4 heteroatoms. The summed E-state index contributed by atoms with van der Waals surface area (Å²) >= 11 is 0. The normalized spacial score (nSPS) is 11.7. The standard InChI is InChI=1S/C12H15N3O/c1-2-10(9-14-15-12(13)16)8-11-6-4-3-5-7-11/h3-9H,2H2,1H3,(H3,13,15,16). The summed E-state index contributed by atoms with van der Waals surface area (Å²) in [4.78, 5) is 10.4. The first-order chi connectivity index (χ1) is 7.72. The van der Waals surface area contributed by atoms with Crippen LogP contribution in [0.15, 0.2) is 41.0 Å². The van der Waals surface area contributed by atoms with E-state index in [1.165, 1.54) is 0 Å². The van der Waals surface area contributed by atoms with Crippen molar-refractivity contribution in [3.63, 3.8) is 0 Å². The zero-order chi connectivity index (χ0) is 11.8. The third kappa shape index (κ3) is 4.41. The molecule has 0 atom stereocenters. The molecule has 0 fully saturated rings. The molecule has 1 rings (SSSR count). The molecule has 0 heterocycles. The Morgan fingerprint density at radius 2 is 2.12 bits per heavy atom. The Hall–Kier alpha value is -2.10. The molecule has 0 bridgehead atoms. The van der Waals surface area contributed by atoms with E-state index >= 15 is 0 Å². The van der Waals surface area contributed by atoms with Gasteiger partial charge < -0.3 is 5.73 Å². The van der Waals surface area contributed by atoms with Crippen molar-refractivity contribution >= 4 is 18.3 Å². The van der Waals surface area contributed by atoms with Crippen LogP contribution < -0.4 is 11.2 Å². The summed E-state index contributed by atoms with van der Waals surface area (Å²) in [6.45, 7) is 2.02. The first kappa shape index (κ1) is 12.0. The minimum Gasteiger partial charge on any atom is -0.350 e. The highest BCUT2D eigenvalue weighted by molar-refractivity contribution is 5.86. The first-order valence-corrected chi connectivity index (χ1v) is 5.06. The van der Waals surface area contributed by atoms with Gasteiger partial charge in [-0.25, -0.2) is 10.2 Å². The van der Waals surface area contributed by atoms with Crippen LogP contribution >= 0.6 is 0 Å². The van der Waals surface area contributed by atoms with E-state index in [4.69, 9.17) is 5.73 Å². The monoisotopic (exact) mass is 217 g/mol. The molecule has 0 aromatic heterocycles. The Bertz CT molecular complexity index is 396.